The average Bonchev–Trinajstić information content (AvgIpc) is 2.99. The van der Waals surface area contributed by atoms with Crippen LogP contribution in [0.2, 0.25) is 0 Å². The summed E-state index contributed by atoms with van der Waals surface area (Å²) < 4.78 is 6.30. The maximum Gasteiger partial charge on any atom is 0.318 e. The maximum atomic E-state index is 12.5. The molecule has 9 heteroatoms. The van der Waals surface area contributed by atoms with Crippen LogP contribution < -0.4 is 14.5 Å². The van der Waals surface area contributed by atoms with E-state index >= 15 is 0 Å². The molecule has 3 aliphatic rings. The quantitative estimate of drug-likeness (QED) is 0.365. The van der Waals surface area contributed by atoms with Crippen molar-refractivity contribution in [1.29, 1.82) is 5.26 Å². The molecule has 43 heavy (non-hydrogen) atoms. The fourth-order valence-corrected chi connectivity index (χ4v) is 6.88. The van der Waals surface area contributed by atoms with Gasteiger partial charge in [0.1, 0.15) is 5.82 Å². The summed E-state index contributed by atoms with van der Waals surface area (Å²) in [6.07, 6.45) is 4.64. The molecule has 0 radical (unpaired) electrons. The van der Waals surface area contributed by atoms with Crippen molar-refractivity contribution >= 4 is 28.2 Å². The topological polar surface area (TPSA) is 88.8 Å². The molecule has 1 aliphatic carbocycles. The third-order valence-electron chi connectivity index (χ3n) is 9.41. The molecule has 0 unspecified atom stereocenters. The lowest BCUT2D eigenvalue weighted by Crippen LogP contribution is -2.55. The number of hydrogen-bond donors (Lipinski definition) is 0. The van der Waals surface area contributed by atoms with E-state index in [1.165, 1.54) is 28.1 Å². The second-order valence-corrected chi connectivity index (χ2v) is 12.3. The normalized spacial score (nSPS) is 21.7. The van der Waals surface area contributed by atoms with Gasteiger partial charge in [0.2, 0.25) is 5.91 Å². The highest BCUT2D eigenvalue weighted by atomic mass is 16.5. The lowest BCUT2D eigenvalue weighted by atomic mass is 9.80. The van der Waals surface area contributed by atoms with Crippen molar-refractivity contribution < 1.29 is 9.53 Å². The van der Waals surface area contributed by atoms with E-state index in [0.29, 0.717) is 50.8 Å². The van der Waals surface area contributed by atoms with Gasteiger partial charge in [0.25, 0.3) is 0 Å². The van der Waals surface area contributed by atoms with Crippen molar-refractivity contribution in [2.75, 3.05) is 56.7 Å². The van der Waals surface area contributed by atoms with Crippen LogP contribution in [0.15, 0.2) is 49.1 Å². The molecular weight excluding hydrogens is 538 g/mol. The van der Waals surface area contributed by atoms with Crippen molar-refractivity contribution in [3.8, 4) is 12.1 Å². The molecule has 0 spiro atoms. The summed E-state index contributed by atoms with van der Waals surface area (Å²) in [6, 6.07) is 16.0. The van der Waals surface area contributed by atoms with E-state index in [2.05, 4.69) is 84.8 Å². The predicted octanol–water partition coefficient (Wildman–Crippen LogP) is 4.34. The molecule has 3 aromatic rings. The number of rotatable bonds is 8. The Bertz CT molecular complexity index is 1550. The Morgan fingerprint density at radius 3 is 2.67 bits per heavy atom. The van der Waals surface area contributed by atoms with Gasteiger partial charge in [-0.15, -0.1) is 0 Å². The Morgan fingerprint density at radius 1 is 1.14 bits per heavy atom. The van der Waals surface area contributed by atoms with Gasteiger partial charge in [-0.25, -0.2) is 0 Å². The molecule has 0 N–H and O–H groups in total. The Balaban J connectivity index is 1.31. The lowest BCUT2D eigenvalue weighted by molar-refractivity contribution is -0.128. The Hall–Kier alpha value is -4.16. The number of ether oxygens (including phenoxy) is 1. The number of nitrogens with zero attached hydrogens (tertiary/aromatic N) is 7. The molecule has 1 saturated carbocycles. The number of nitriles is 1. The third-order valence-corrected chi connectivity index (χ3v) is 9.41. The zero-order chi connectivity index (χ0) is 30.1. The SMILES string of the molecule is C=CC(=O)N1CCN(c2nc(OCC3CC(N(C)C)C3)nc3c2CCN(c2cccc4cccc(C)c24)C3)C[C@@H]1CC#N. The van der Waals surface area contributed by atoms with E-state index in [9.17, 15) is 10.1 Å². The molecule has 6 rings (SSSR count). The summed E-state index contributed by atoms with van der Waals surface area (Å²) in [6.45, 7) is 9.63. The van der Waals surface area contributed by atoms with E-state index < -0.39 is 0 Å². The molecular formula is C34H41N7O2. The first-order valence-electron chi connectivity index (χ1n) is 15.3. The zero-order valence-corrected chi connectivity index (χ0v) is 25.5. The van der Waals surface area contributed by atoms with Crippen LogP contribution in [-0.4, -0.2) is 84.6 Å². The van der Waals surface area contributed by atoms with E-state index in [4.69, 9.17) is 14.7 Å². The lowest BCUT2D eigenvalue weighted by Gasteiger charge is -2.42. The number of anilines is 2. The number of fused-ring (bicyclic) bond motifs is 2. The predicted molar refractivity (Wildman–Crippen MR) is 169 cm³/mol. The first-order chi connectivity index (χ1) is 20.9. The summed E-state index contributed by atoms with van der Waals surface area (Å²) >= 11 is 0. The number of benzene rings is 2. The molecule has 1 aromatic heterocycles. The van der Waals surface area contributed by atoms with Crippen molar-refractivity contribution in [1.82, 2.24) is 19.8 Å². The number of carbonyl (C=O) groups excluding carboxylic acids is 1. The van der Waals surface area contributed by atoms with Gasteiger partial charge in [0.05, 0.1) is 37.4 Å². The standard InChI is InChI=1S/C34H41N7O2/c1-5-31(42)41-17-16-40(20-26(41)12-14-35)33-28-13-15-39(30-11-7-10-25-9-6-8-23(2)32(25)30)21-29(28)36-34(37-33)43-22-24-18-27(19-24)38(3)4/h5-11,24,26-27H,1,12-13,15-22H2,2-4H3/t24?,26-,27?/m0/s1. The van der Waals surface area contributed by atoms with Crippen LogP contribution in [-0.2, 0) is 17.8 Å². The van der Waals surface area contributed by atoms with Crippen molar-refractivity contribution in [2.45, 2.75) is 51.2 Å². The number of amides is 1. The van der Waals surface area contributed by atoms with Crippen molar-refractivity contribution in [2.24, 2.45) is 5.92 Å². The molecule has 1 atom stereocenters. The van der Waals surface area contributed by atoms with Gasteiger partial charge >= 0.3 is 6.01 Å². The smallest absolute Gasteiger partial charge is 0.318 e. The zero-order valence-electron chi connectivity index (χ0n) is 25.5. The Morgan fingerprint density at radius 2 is 1.93 bits per heavy atom. The minimum Gasteiger partial charge on any atom is -0.463 e. The van der Waals surface area contributed by atoms with Gasteiger partial charge < -0.3 is 24.3 Å². The highest BCUT2D eigenvalue weighted by molar-refractivity contribution is 5.97. The maximum absolute atomic E-state index is 12.5. The molecule has 224 valence electrons. The molecule has 2 fully saturated rings. The van der Waals surface area contributed by atoms with Crippen molar-refractivity contribution in [3.05, 3.63) is 65.9 Å². The average molecular weight is 580 g/mol. The van der Waals surface area contributed by atoms with Crippen LogP contribution >= 0.6 is 0 Å². The molecule has 2 aromatic carbocycles. The fourth-order valence-electron chi connectivity index (χ4n) is 6.88. The van der Waals surface area contributed by atoms with Crippen LogP contribution in [0.25, 0.3) is 10.8 Å². The summed E-state index contributed by atoms with van der Waals surface area (Å²) in [5.74, 6) is 1.24. The second-order valence-electron chi connectivity index (χ2n) is 12.3. The molecule has 1 amide bonds. The summed E-state index contributed by atoms with van der Waals surface area (Å²) in [5, 5.41) is 12.1. The van der Waals surface area contributed by atoms with Crippen LogP contribution in [0.4, 0.5) is 11.5 Å². The Labute approximate surface area is 254 Å². The summed E-state index contributed by atoms with van der Waals surface area (Å²) in [5.41, 5.74) is 4.60. The van der Waals surface area contributed by atoms with Crippen LogP contribution in [0.3, 0.4) is 0 Å². The van der Waals surface area contributed by atoms with Crippen LogP contribution in [0, 0.1) is 24.2 Å². The number of aryl methyl sites for hydroxylation is 1. The van der Waals surface area contributed by atoms with Gasteiger partial charge in [-0.1, -0.05) is 36.9 Å². The highest BCUT2D eigenvalue weighted by Crippen LogP contribution is 2.36. The summed E-state index contributed by atoms with van der Waals surface area (Å²) in [7, 11) is 4.26. The molecule has 1 saturated heterocycles. The van der Waals surface area contributed by atoms with Crippen molar-refractivity contribution in [3.63, 3.8) is 0 Å². The first-order valence-corrected chi connectivity index (χ1v) is 15.3. The Kier molecular flexibility index (Phi) is 8.22. The van der Waals surface area contributed by atoms with Gasteiger partial charge in [-0.2, -0.15) is 15.2 Å². The molecule has 3 heterocycles. The highest BCUT2D eigenvalue weighted by Gasteiger charge is 2.34. The number of hydrogen-bond acceptors (Lipinski definition) is 8. The largest absolute Gasteiger partial charge is 0.463 e. The van der Waals surface area contributed by atoms with Crippen LogP contribution in [0.1, 0.15) is 36.1 Å². The third kappa shape index (κ3) is 5.76. The summed E-state index contributed by atoms with van der Waals surface area (Å²) in [4.78, 5) is 31.2. The first kappa shape index (κ1) is 28.9. The second kappa shape index (κ2) is 12.2. The molecule has 2 aliphatic heterocycles. The van der Waals surface area contributed by atoms with E-state index in [0.717, 1.165) is 42.9 Å². The van der Waals surface area contributed by atoms with Gasteiger partial charge in [-0.3, -0.25) is 4.79 Å². The van der Waals surface area contributed by atoms with E-state index in [1.54, 1.807) is 4.90 Å². The number of piperazine rings is 1. The minimum atomic E-state index is -0.226. The molecule has 9 nitrogen and oxygen atoms in total. The minimum absolute atomic E-state index is 0.133. The fraction of sp³-hybridized carbons (Fsp3) is 0.471. The van der Waals surface area contributed by atoms with Crippen LogP contribution in [0.5, 0.6) is 6.01 Å². The van der Waals surface area contributed by atoms with Gasteiger partial charge in [0.15, 0.2) is 0 Å². The number of aromatic nitrogens is 2. The van der Waals surface area contributed by atoms with Gasteiger partial charge in [0, 0.05) is 48.9 Å². The monoisotopic (exact) mass is 579 g/mol. The molecule has 0 bridgehead atoms. The van der Waals surface area contributed by atoms with E-state index in [1.807, 2.05) is 0 Å². The number of carbonyl (C=O) groups is 1. The van der Waals surface area contributed by atoms with Gasteiger partial charge in [-0.05, 0) is 69.3 Å². The van der Waals surface area contributed by atoms with E-state index in [-0.39, 0.29) is 18.4 Å².